The molecule has 0 amide bonds. The normalized spacial score (nSPS) is 11.8. The zero-order valence-electron chi connectivity index (χ0n) is 11.8. The minimum absolute atomic E-state index is 0.182. The molecule has 0 fully saturated rings. The molecule has 0 radical (unpaired) electrons. The van der Waals surface area contributed by atoms with E-state index < -0.39 is 10.0 Å². The molecule has 0 aliphatic rings. The van der Waals surface area contributed by atoms with Gasteiger partial charge >= 0.3 is 0 Å². The minimum Gasteiger partial charge on any atom is -0.382 e. The smallest absolute Gasteiger partial charge is 0.240 e. The molecule has 0 heterocycles. The van der Waals surface area contributed by atoms with Gasteiger partial charge in [0.15, 0.2) is 0 Å². The Kier molecular flexibility index (Phi) is 6.91. The molecule has 1 aromatic rings. The first-order valence-electron chi connectivity index (χ1n) is 6.49. The van der Waals surface area contributed by atoms with Crippen LogP contribution in [0.1, 0.15) is 24.5 Å². The third-order valence-corrected chi connectivity index (χ3v) is 4.71. The first kappa shape index (κ1) is 17.4. The summed E-state index contributed by atoms with van der Waals surface area (Å²) in [6, 6.07) is 3.13. The van der Waals surface area contributed by atoms with Crippen LogP contribution in [0.25, 0.3) is 0 Å². The molecule has 1 aromatic carbocycles. The fourth-order valence-corrected chi connectivity index (χ4v) is 3.49. The molecule has 0 aliphatic carbocycles. The Bertz CT molecular complexity index is 547. The fraction of sp³-hybridized carbons (Fsp3) is 0.538. The van der Waals surface area contributed by atoms with Gasteiger partial charge in [0, 0.05) is 31.3 Å². The number of hydrogen-bond donors (Lipinski definition) is 2. The van der Waals surface area contributed by atoms with E-state index >= 15 is 0 Å². The van der Waals surface area contributed by atoms with Gasteiger partial charge in [0.2, 0.25) is 10.0 Å². The summed E-state index contributed by atoms with van der Waals surface area (Å²) < 4.78 is 32.2. The van der Waals surface area contributed by atoms with Crippen molar-refractivity contribution in [2.24, 2.45) is 5.73 Å². The summed E-state index contributed by atoms with van der Waals surface area (Å²) >= 11 is 5.94. The molecule has 7 heteroatoms. The third-order valence-electron chi connectivity index (χ3n) is 2.90. The summed E-state index contributed by atoms with van der Waals surface area (Å²) in [7, 11) is -3.58. The molecule has 1 rings (SSSR count). The molecular formula is C13H21ClN2O3S. The predicted octanol–water partition coefficient (Wildman–Crippen LogP) is 1.81. The molecule has 5 nitrogen and oxygen atoms in total. The highest BCUT2D eigenvalue weighted by Gasteiger charge is 2.18. The quantitative estimate of drug-likeness (QED) is 0.716. The van der Waals surface area contributed by atoms with Gasteiger partial charge in [0.25, 0.3) is 0 Å². The highest BCUT2D eigenvalue weighted by Crippen LogP contribution is 2.24. The Morgan fingerprint density at radius 1 is 1.40 bits per heavy atom. The summed E-state index contributed by atoms with van der Waals surface area (Å²) in [6.07, 6.45) is 0.621. The molecule has 0 bridgehead atoms. The van der Waals surface area contributed by atoms with Crippen molar-refractivity contribution in [3.63, 3.8) is 0 Å². The van der Waals surface area contributed by atoms with Crippen LogP contribution in [-0.2, 0) is 21.3 Å². The lowest BCUT2D eigenvalue weighted by atomic mass is 10.1. The number of nitrogens with two attached hydrogens (primary N) is 1. The molecule has 0 aliphatic heterocycles. The van der Waals surface area contributed by atoms with Gasteiger partial charge in [-0.2, -0.15) is 0 Å². The van der Waals surface area contributed by atoms with E-state index in [1.54, 1.807) is 13.0 Å². The second-order valence-corrected chi connectivity index (χ2v) is 6.51. The van der Waals surface area contributed by atoms with Crippen LogP contribution in [0, 0.1) is 6.92 Å². The number of hydrogen-bond acceptors (Lipinski definition) is 4. The van der Waals surface area contributed by atoms with Crippen molar-refractivity contribution in [3.8, 4) is 0 Å². The van der Waals surface area contributed by atoms with E-state index in [0.717, 1.165) is 5.56 Å². The molecule has 0 atom stereocenters. The molecule has 3 N–H and O–H groups in total. The van der Waals surface area contributed by atoms with Gasteiger partial charge in [-0.05, 0) is 43.5 Å². The van der Waals surface area contributed by atoms with E-state index in [9.17, 15) is 8.42 Å². The fourth-order valence-electron chi connectivity index (χ4n) is 1.80. The maximum Gasteiger partial charge on any atom is 0.240 e. The standard InChI is InChI=1S/C13H21ClN2O3S/c1-3-19-6-4-5-16-20(17,18)13-8-12(14)7-11(9-15)10(13)2/h7-8,16H,3-6,9,15H2,1-2H3. The second-order valence-electron chi connectivity index (χ2n) is 4.34. The maximum absolute atomic E-state index is 12.3. The van der Waals surface area contributed by atoms with Crippen molar-refractivity contribution >= 4 is 21.6 Å². The van der Waals surface area contributed by atoms with E-state index in [4.69, 9.17) is 22.1 Å². The van der Waals surface area contributed by atoms with Crippen molar-refractivity contribution in [2.45, 2.75) is 31.7 Å². The SMILES string of the molecule is CCOCCCNS(=O)(=O)c1cc(Cl)cc(CN)c1C. The first-order chi connectivity index (χ1) is 9.42. The molecule has 0 saturated heterocycles. The maximum atomic E-state index is 12.3. The summed E-state index contributed by atoms with van der Waals surface area (Å²) in [5.41, 5.74) is 6.96. The lowest BCUT2D eigenvalue weighted by Gasteiger charge is -2.13. The Labute approximate surface area is 125 Å². The van der Waals surface area contributed by atoms with Crippen LogP contribution in [0.4, 0.5) is 0 Å². The van der Waals surface area contributed by atoms with Gasteiger partial charge < -0.3 is 10.5 Å². The average molecular weight is 321 g/mol. The highest BCUT2D eigenvalue weighted by atomic mass is 35.5. The monoisotopic (exact) mass is 320 g/mol. The van der Waals surface area contributed by atoms with Crippen LogP contribution in [0.2, 0.25) is 5.02 Å². The molecular weight excluding hydrogens is 300 g/mol. The largest absolute Gasteiger partial charge is 0.382 e. The van der Waals surface area contributed by atoms with Crippen LogP contribution in [0.5, 0.6) is 0 Å². The number of halogens is 1. The Morgan fingerprint density at radius 3 is 2.70 bits per heavy atom. The summed E-state index contributed by atoms with van der Waals surface area (Å²) in [4.78, 5) is 0.182. The number of nitrogens with one attached hydrogen (secondary N) is 1. The molecule has 0 spiro atoms. The number of sulfonamides is 1. The molecule has 0 aromatic heterocycles. The van der Waals surface area contributed by atoms with Gasteiger partial charge in [0.1, 0.15) is 0 Å². The molecule has 0 unspecified atom stereocenters. The van der Waals surface area contributed by atoms with E-state index in [-0.39, 0.29) is 11.4 Å². The van der Waals surface area contributed by atoms with E-state index in [2.05, 4.69) is 4.72 Å². The summed E-state index contributed by atoms with van der Waals surface area (Å²) in [5.74, 6) is 0. The predicted molar refractivity (Wildman–Crippen MR) is 80.4 cm³/mol. The van der Waals surface area contributed by atoms with Crippen molar-refractivity contribution < 1.29 is 13.2 Å². The van der Waals surface area contributed by atoms with Crippen LogP contribution >= 0.6 is 11.6 Å². The molecule has 114 valence electrons. The first-order valence-corrected chi connectivity index (χ1v) is 8.35. The summed E-state index contributed by atoms with van der Waals surface area (Å²) in [6.45, 7) is 5.36. The van der Waals surface area contributed by atoms with Crippen LogP contribution < -0.4 is 10.5 Å². The Morgan fingerprint density at radius 2 is 2.10 bits per heavy atom. The Balaban J connectivity index is 2.84. The number of benzene rings is 1. The third kappa shape index (κ3) is 4.71. The number of ether oxygens (including phenoxy) is 1. The highest BCUT2D eigenvalue weighted by molar-refractivity contribution is 7.89. The van der Waals surface area contributed by atoms with E-state index in [0.29, 0.717) is 36.8 Å². The molecule has 20 heavy (non-hydrogen) atoms. The number of rotatable bonds is 8. The van der Waals surface area contributed by atoms with Crippen molar-refractivity contribution in [2.75, 3.05) is 19.8 Å². The summed E-state index contributed by atoms with van der Waals surface area (Å²) in [5, 5.41) is 0.366. The van der Waals surface area contributed by atoms with E-state index in [1.807, 2.05) is 6.92 Å². The van der Waals surface area contributed by atoms with Crippen molar-refractivity contribution in [1.82, 2.24) is 4.72 Å². The lowest BCUT2D eigenvalue weighted by Crippen LogP contribution is -2.26. The molecule has 0 saturated carbocycles. The van der Waals surface area contributed by atoms with E-state index in [1.165, 1.54) is 6.07 Å². The van der Waals surface area contributed by atoms with Crippen molar-refractivity contribution in [3.05, 3.63) is 28.3 Å². The lowest BCUT2D eigenvalue weighted by molar-refractivity contribution is 0.146. The van der Waals surface area contributed by atoms with Gasteiger partial charge in [-0.15, -0.1) is 0 Å². The van der Waals surface area contributed by atoms with Crippen LogP contribution in [0.15, 0.2) is 17.0 Å². The van der Waals surface area contributed by atoms with Gasteiger partial charge in [0.05, 0.1) is 4.90 Å². The Hall–Kier alpha value is -0.660. The van der Waals surface area contributed by atoms with Crippen molar-refractivity contribution in [1.29, 1.82) is 0 Å². The van der Waals surface area contributed by atoms with Crippen LogP contribution in [0.3, 0.4) is 0 Å². The average Bonchev–Trinajstić information content (AvgIpc) is 2.40. The topological polar surface area (TPSA) is 81.4 Å². The van der Waals surface area contributed by atoms with Gasteiger partial charge in [-0.3, -0.25) is 0 Å². The second kappa shape index (κ2) is 7.95. The zero-order chi connectivity index (χ0) is 15.2. The van der Waals surface area contributed by atoms with Gasteiger partial charge in [-0.1, -0.05) is 11.6 Å². The zero-order valence-corrected chi connectivity index (χ0v) is 13.4. The van der Waals surface area contributed by atoms with Gasteiger partial charge in [-0.25, -0.2) is 13.1 Å². The van der Waals surface area contributed by atoms with Crippen LogP contribution in [-0.4, -0.2) is 28.2 Å². The minimum atomic E-state index is -3.58.